The molecule has 2 aromatic heterocycles. The fourth-order valence-corrected chi connectivity index (χ4v) is 3.80. The van der Waals surface area contributed by atoms with Crippen molar-refractivity contribution in [3.8, 4) is 0 Å². The minimum Gasteiger partial charge on any atom is -0.361 e. The molecule has 0 saturated heterocycles. The molecule has 0 spiro atoms. The average molecular weight is 287 g/mol. The summed E-state index contributed by atoms with van der Waals surface area (Å²) in [4.78, 5) is 0.869. The van der Waals surface area contributed by atoms with Crippen LogP contribution in [0.25, 0.3) is 0 Å². The predicted octanol–water partition coefficient (Wildman–Crippen LogP) is 0.982. The number of hydrogen-bond donors (Lipinski definition) is 2. The molecule has 2 heterocycles. The van der Waals surface area contributed by atoms with E-state index in [2.05, 4.69) is 9.88 Å². The van der Waals surface area contributed by atoms with Gasteiger partial charge in [0.2, 0.25) is 10.0 Å². The number of hydrogen-bond acceptors (Lipinski definition) is 6. The van der Waals surface area contributed by atoms with Gasteiger partial charge in [0.05, 0.1) is 17.1 Å². The number of aryl methyl sites for hydroxylation is 1. The molecule has 0 bridgehead atoms. The van der Waals surface area contributed by atoms with Gasteiger partial charge in [-0.3, -0.25) is 0 Å². The SMILES string of the molecule is Cc1cc(CNS(=O)(=O)c2ccsc2CN)no1. The van der Waals surface area contributed by atoms with Crippen LogP contribution in [0.1, 0.15) is 16.3 Å². The molecule has 0 saturated carbocycles. The fourth-order valence-electron chi connectivity index (χ4n) is 1.47. The van der Waals surface area contributed by atoms with Crippen molar-refractivity contribution in [1.82, 2.24) is 9.88 Å². The van der Waals surface area contributed by atoms with E-state index in [0.717, 1.165) is 0 Å². The van der Waals surface area contributed by atoms with E-state index in [0.29, 0.717) is 16.3 Å². The van der Waals surface area contributed by atoms with Crippen molar-refractivity contribution in [2.45, 2.75) is 24.9 Å². The van der Waals surface area contributed by atoms with E-state index in [1.165, 1.54) is 11.3 Å². The molecule has 0 atom stereocenters. The smallest absolute Gasteiger partial charge is 0.242 e. The van der Waals surface area contributed by atoms with Crippen LogP contribution in [0.3, 0.4) is 0 Å². The molecule has 0 aromatic carbocycles. The highest BCUT2D eigenvalue weighted by Gasteiger charge is 2.19. The monoisotopic (exact) mass is 287 g/mol. The van der Waals surface area contributed by atoms with Crippen LogP contribution in [0.4, 0.5) is 0 Å². The van der Waals surface area contributed by atoms with E-state index >= 15 is 0 Å². The number of nitrogens with two attached hydrogens (primary N) is 1. The Morgan fingerprint density at radius 2 is 2.33 bits per heavy atom. The lowest BCUT2D eigenvalue weighted by Crippen LogP contribution is -2.24. The molecule has 18 heavy (non-hydrogen) atoms. The van der Waals surface area contributed by atoms with Crippen LogP contribution in [-0.4, -0.2) is 13.6 Å². The lowest BCUT2D eigenvalue weighted by molar-refractivity contribution is 0.390. The molecule has 2 aromatic rings. The highest BCUT2D eigenvalue weighted by Crippen LogP contribution is 2.21. The molecule has 0 aliphatic heterocycles. The first-order valence-electron chi connectivity index (χ1n) is 5.21. The summed E-state index contributed by atoms with van der Waals surface area (Å²) < 4.78 is 31.4. The third kappa shape index (κ3) is 2.78. The Morgan fingerprint density at radius 3 is 2.94 bits per heavy atom. The number of nitrogens with one attached hydrogen (secondary N) is 1. The summed E-state index contributed by atoms with van der Waals surface area (Å²) in [5, 5.41) is 5.42. The number of nitrogens with zero attached hydrogens (tertiary/aromatic N) is 1. The summed E-state index contributed by atoms with van der Waals surface area (Å²) in [6, 6.07) is 3.23. The van der Waals surface area contributed by atoms with Gasteiger partial charge in [0, 0.05) is 17.5 Å². The third-order valence-electron chi connectivity index (χ3n) is 2.30. The van der Waals surface area contributed by atoms with Gasteiger partial charge in [0.25, 0.3) is 0 Å². The predicted molar refractivity (Wildman–Crippen MR) is 67.5 cm³/mol. The van der Waals surface area contributed by atoms with Crippen LogP contribution in [0.15, 0.2) is 26.9 Å². The van der Waals surface area contributed by atoms with Gasteiger partial charge in [0.15, 0.2) is 0 Å². The number of sulfonamides is 1. The first kappa shape index (κ1) is 13.2. The quantitative estimate of drug-likeness (QED) is 0.854. The molecule has 0 fully saturated rings. The number of rotatable bonds is 5. The zero-order valence-electron chi connectivity index (χ0n) is 9.71. The van der Waals surface area contributed by atoms with Crippen LogP contribution in [0, 0.1) is 6.92 Å². The molecular formula is C10H13N3O3S2. The minimum absolute atomic E-state index is 0.0968. The second-order valence-electron chi connectivity index (χ2n) is 3.67. The number of thiophene rings is 1. The van der Waals surface area contributed by atoms with Crippen LogP contribution >= 0.6 is 11.3 Å². The highest BCUT2D eigenvalue weighted by atomic mass is 32.2. The topological polar surface area (TPSA) is 98.2 Å². The van der Waals surface area contributed by atoms with E-state index in [1.54, 1.807) is 24.4 Å². The second kappa shape index (κ2) is 5.19. The molecular weight excluding hydrogens is 274 g/mol. The van der Waals surface area contributed by atoms with Crippen molar-refractivity contribution in [1.29, 1.82) is 0 Å². The second-order valence-corrected chi connectivity index (χ2v) is 6.40. The van der Waals surface area contributed by atoms with Gasteiger partial charge in [0.1, 0.15) is 5.76 Å². The number of aromatic nitrogens is 1. The maximum Gasteiger partial charge on any atom is 0.242 e. The van der Waals surface area contributed by atoms with E-state index in [-0.39, 0.29) is 18.0 Å². The zero-order valence-corrected chi connectivity index (χ0v) is 11.3. The van der Waals surface area contributed by atoms with E-state index < -0.39 is 10.0 Å². The molecule has 0 unspecified atom stereocenters. The highest BCUT2D eigenvalue weighted by molar-refractivity contribution is 7.89. The molecule has 0 aliphatic carbocycles. The van der Waals surface area contributed by atoms with Crippen molar-refractivity contribution in [3.05, 3.63) is 33.8 Å². The van der Waals surface area contributed by atoms with Gasteiger partial charge in [-0.05, 0) is 18.4 Å². The van der Waals surface area contributed by atoms with Crippen LogP contribution in [0.5, 0.6) is 0 Å². The molecule has 0 aliphatic rings. The van der Waals surface area contributed by atoms with E-state index in [9.17, 15) is 8.42 Å². The Kier molecular flexibility index (Phi) is 3.81. The molecule has 0 radical (unpaired) electrons. The first-order valence-corrected chi connectivity index (χ1v) is 7.57. The van der Waals surface area contributed by atoms with Gasteiger partial charge in [-0.1, -0.05) is 5.16 Å². The van der Waals surface area contributed by atoms with Crippen molar-refractivity contribution >= 4 is 21.4 Å². The molecule has 6 nitrogen and oxygen atoms in total. The van der Waals surface area contributed by atoms with Gasteiger partial charge in [-0.25, -0.2) is 13.1 Å². The lowest BCUT2D eigenvalue weighted by atomic mass is 10.4. The summed E-state index contributed by atoms with van der Waals surface area (Å²) >= 11 is 1.32. The fraction of sp³-hybridized carbons (Fsp3) is 0.300. The summed E-state index contributed by atoms with van der Waals surface area (Å²) in [5.41, 5.74) is 6.04. The molecule has 98 valence electrons. The van der Waals surface area contributed by atoms with Crippen LogP contribution in [-0.2, 0) is 23.1 Å². The summed E-state index contributed by atoms with van der Waals surface area (Å²) in [5.74, 6) is 0.641. The lowest BCUT2D eigenvalue weighted by Gasteiger charge is -2.04. The normalized spacial score (nSPS) is 11.9. The third-order valence-corrected chi connectivity index (χ3v) is 4.86. The summed E-state index contributed by atoms with van der Waals surface area (Å²) in [7, 11) is -3.55. The van der Waals surface area contributed by atoms with Gasteiger partial charge >= 0.3 is 0 Å². The Bertz CT molecular complexity index is 630. The zero-order chi connectivity index (χ0) is 13.2. The molecule has 3 N–H and O–H groups in total. The van der Waals surface area contributed by atoms with Crippen molar-refractivity contribution in [2.24, 2.45) is 5.73 Å². The van der Waals surface area contributed by atoms with Crippen molar-refractivity contribution in [2.75, 3.05) is 0 Å². The summed E-state index contributed by atoms with van der Waals surface area (Å²) in [6.45, 7) is 2.05. The van der Waals surface area contributed by atoms with Gasteiger partial charge in [-0.15, -0.1) is 11.3 Å². The average Bonchev–Trinajstić information content (AvgIpc) is 2.95. The minimum atomic E-state index is -3.55. The molecule has 2 rings (SSSR count). The Balaban J connectivity index is 2.13. The maximum absolute atomic E-state index is 12.0. The van der Waals surface area contributed by atoms with E-state index in [1.807, 2.05) is 0 Å². The Hall–Kier alpha value is -1.22. The Labute approximate surface area is 109 Å². The maximum atomic E-state index is 12.0. The largest absolute Gasteiger partial charge is 0.361 e. The Morgan fingerprint density at radius 1 is 1.56 bits per heavy atom. The molecule has 8 heteroatoms. The van der Waals surface area contributed by atoms with Gasteiger partial charge < -0.3 is 10.3 Å². The van der Waals surface area contributed by atoms with Crippen LogP contribution in [0.2, 0.25) is 0 Å². The summed E-state index contributed by atoms with van der Waals surface area (Å²) in [6.07, 6.45) is 0. The van der Waals surface area contributed by atoms with Crippen molar-refractivity contribution < 1.29 is 12.9 Å². The molecule has 0 amide bonds. The standard InChI is InChI=1S/C10H13N3O3S2/c1-7-4-8(13-16-7)6-12-18(14,15)10-2-3-17-9(10)5-11/h2-4,12H,5-6,11H2,1H3. The van der Waals surface area contributed by atoms with Crippen LogP contribution < -0.4 is 10.5 Å². The van der Waals surface area contributed by atoms with Gasteiger partial charge in [-0.2, -0.15) is 0 Å². The van der Waals surface area contributed by atoms with E-state index in [4.69, 9.17) is 10.3 Å². The van der Waals surface area contributed by atoms with Crippen molar-refractivity contribution in [3.63, 3.8) is 0 Å². The first-order chi connectivity index (χ1) is 8.53.